The van der Waals surface area contributed by atoms with Crippen LogP contribution in [0.15, 0.2) is 163 Å². The smallest absolute Gasteiger partial charge is 0.297 e. The third-order valence-electron chi connectivity index (χ3n) is 10.9. The molecule has 0 spiro atoms. The molecule has 0 saturated heterocycles. The molecule has 344 valence electrons. The summed E-state index contributed by atoms with van der Waals surface area (Å²) in [4.78, 5) is 0.115. The largest absolute Gasteiger partial charge is 0.492 e. The van der Waals surface area contributed by atoms with E-state index < -0.39 is 10.1 Å². The average molecular weight is 912 g/mol. The lowest BCUT2D eigenvalue weighted by molar-refractivity contribution is 0.197. The molecule has 0 radical (unpaired) electrons. The number of benzene rings is 7. The molecule has 7 rings (SSSR count). The Bertz CT molecular complexity index is 2670. The van der Waals surface area contributed by atoms with E-state index in [1.807, 2.05) is 97.9 Å². The average Bonchev–Trinajstić information content (AvgIpc) is 3.33. The Hall–Kier alpha value is -6.17. The summed E-state index contributed by atoms with van der Waals surface area (Å²) in [7, 11) is -2.14. The van der Waals surface area contributed by atoms with E-state index in [0.29, 0.717) is 30.1 Å². The molecule has 0 aliphatic heterocycles. The van der Waals surface area contributed by atoms with E-state index in [0.717, 1.165) is 83.5 Å². The second kappa shape index (κ2) is 24.9. The van der Waals surface area contributed by atoms with Crippen LogP contribution in [0.4, 0.5) is 8.78 Å². The summed E-state index contributed by atoms with van der Waals surface area (Å²) >= 11 is 0. The minimum Gasteiger partial charge on any atom is -0.492 e. The number of aryl methyl sites for hydroxylation is 3. The summed E-state index contributed by atoms with van der Waals surface area (Å²) in [6, 6.07) is 48.3. The Morgan fingerprint density at radius 2 is 0.909 bits per heavy atom. The number of hydrogen-bond donors (Lipinski definition) is 1. The van der Waals surface area contributed by atoms with Crippen molar-refractivity contribution < 1.29 is 35.6 Å². The molecule has 0 heterocycles. The number of ether oxygens (including phenoxy) is 3. The zero-order valence-electron chi connectivity index (χ0n) is 38.2. The predicted molar refractivity (Wildman–Crippen MR) is 263 cm³/mol. The van der Waals surface area contributed by atoms with Gasteiger partial charge in [0.1, 0.15) is 43.0 Å². The molecule has 7 aromatic carbocycles. The zero-order valence-corrected chi connectivity index (χ0v) is 39.0. The van der Waals surface area contributed by atoms with Crippen LogP contribution in [-0.4, -0.2) is 55.0 Å². The second-order valence-electron chi connectivity index (χ2n) is 15.9. The van der Waals surface area contributed by atoms with Crippen LogP contribution in [0.25, 0.3) is 44.5 Å². The third kappa shape index (κ3) is 14.4. The first-order valence-corrected chi connectivity index (χ1v) is 23.9. The van der Waals surface area contributed by atoms with Gasteiger partial charge in [-0.1, -0.05) is 141 Å². The maximum Gasteiger partial charge on any atom is 0.297 e. The van der Waals surface area contributed by atoms with Crippen molar-refractivity contribution in [3.05, 3.63) is 186 Å². The molecular formula is C56H59F2NO6S. The van der Waals surface area contributed by atoms with Gasteiger partial charge in [-0.2, -0.15) is 8.42 Å². The quantitative estimate of drug-likeness (QED) is 0.0568. The predicted octanol–water partition coefficient (Wildman–Crippen LogP) is 12.9. The molecule has 0 unspecified atom stereocenters. The number of rotatable bonds is 21. The molecule has 0 amide bonds. The van der Waals surface area contributed by atoms with Crippen molar-refractivity contribution in [3.63, 3.8) is 0 Å². The van der Waals surface area contributed by atoms with Crippen LogP contribution in [0.5, 0.6) is 11.5 Å². The summed E-state index contributed by atoms with van der Waals surface area (Å²) in [5.74, 6) is 0.886. The summed E-state index contributed by atoms with van der Waals surface area (Å²) in [6.07, 6.45) is 4.25. The van der Waals surface area contributed by atoms with Gasteiger partial charge in [-0.15, -0.1) is 0 Å². The first-order valence-electron chi connectivity index (χ1n) is 22.5. The minimum absolute atomic E-state index is 0.0742. The van der Waals surface area contributed by atoms with E-state index >= 15 is 0 Å². The van der Waals surface area contributed by atoms with Crippen LogP contribution in [0, 0.1) is 18.6 Å². The van der Waals surface area contributed by atoms with E-state index in [-0.39, 0.29) is 29.7 Å². The maximum absolute atomic E-state index is 14.9. The molecule has 0 saturated carbocycles. The topological polar surface area (TPSA) is 83.1 Å². The van der Waals surface area contributed by atoms with E-state index in [9.17, 15) is 17.2 Å². The Kier molecular flexibility index (Phi) is 18.6. The first-order chi connectivity index (χ1) is 32.1. The van der Waals surface area contributed by atoms with Crippen LogP contribution in [0.2, 0.25) is 0 Å². The van der Waals surface area contributed by atoms with Crippen molar-refractivity contribution in [2.24, 2.45) is 0 Å². The third-order valence-corrected chi connectivity index (χ3v) is 12.2. The molecule has 7 aromatic rings. The maximum atomic E-state index is 14.9. The van der Waals surface area contributed by atoms with Crippen LogP contribution >= 0.6 is 0 Å². The van der Waals surface area contributed by atoms with E-state index in [1.54, 1.807) is 43.5 Å². The fraction of sp³-hybridized carbons (Fsp3) is 0.250. The summed E-state index contributed by atoms with van der Waals surface area (Å²) < 4.78 is 75.6. The number of hydrogen-bond acceptors (Lipinski definition) is 7. The van der Waals surface area contributed by atoms with Crippen molar-refractivity contribution in [1.82, 2.24) is 5.32 Å². The highest BCUT2D eigenvalue weighted by molar-refractivity contribution is 7.86. The molecule has 0 fully saturated rings. The lowest BCUT2D eigenvalue weighted by atomic mass is 9.98. The summed E-state index contributed by atoms with van der Waals surface area (Å²) in [5, 5.41) is 3.24. The van der Waals surface area contributed by atoms with Crippen LogP contribution in [-0.2, 0) is 31.9 Å². The Morgan fingerprint density at radius 3 is 1.35 bits per heavy atom. The molecule has 0 aliphatic carbocycles. The number of nitrogens with one attached hydrogen (secondary N) is 1. The highest BCUT2D eigenvalue weighted by Gasteiger charge is 2.15. The van der Waals surface area contributed by atoms with Crippen molar-refractivity contribution >= 4 is 10.1 Å². The summed E-state index contributed by atoms with van der Waals surface area (Å²) in [5.41, 5.74) is 9.89. The molecule has 1 N–H and O–H groups in total. The Balaban J connectivity index is 0.000000222. The van der Waals surface area contributed by atoms with Crippen LogP contribution in [0.3, 0.4) is 0 Å². The van der Waals surface area contributed by atoms with Crippen molar-refractivity contribution in [2.75, 3.05) is 46.6 Å². The molecule has 0 aliphatic rings. The van der Waals surface area contributed by atoms with E-state index in [4.69, 9.17) is 18.4 Å². The monoisotopic (exact) mass is 911 g/mol. The molecular weight excluding hydrogens is 853 g/mol. The summed E-state index contributed by atoms with van der Waals surface area (Å²) in [6.45, 7) is 8.99. The molecule has 0 atom stereocenters. The van der Waals surface area contributed by atoms with Gasteiger partial charge in [0.05, 0.1) is 11.5 Å². The standard InChI is InChI=1S/C30H29FO4S.C26H30FNO2/c1-3-4-23-7-9-25(10-8-23)29-18-13-26(21-30(29)31)24-11-14-27(15-12-24)34-19-20-35-36(32,33)28-16-5-22(2)6-17-28;1-3-4-20-5-7-22(8-6-20)25-14-11-23(19-26(25)27)21-9-12-24(13-10-21)30-18-16-28-15-17-29-2/h5-18,21H,3-4,19-20H2,1-2H3;5-14,19,28H,3-4,15-18H2,1-2H3. The van der Waals surface area contributed by atoms with Gasteiger partial charge >= 0.3 is 0 Å². The highest BCUT2D eigenvalue weighted by atomic mass is 32.2. The van der Waals surface area contributed by atoms with Crippen LogP contribution in [0.1, 0.15) is 43.4 Å². The Morgan fingerprint density at radius 1 is 0.485 bits per heavy atom. The van der Waals surface area contributed by atoms with Crippen molar-refractivity contribution in [1.29, 1.82) is 0 Å². The number of methoxy groups -OCH3 is 1. The van der Waals surface area contributed by atoms with Gasteiger partial charge in [0, 0.05) is 31.3 Å². The molecule has 0 aromatic heterocycles. The lowest BCUT2D eigenvalue weighted by Crippen LogP contribution is -2.24. The van der Waals surface area contributed by atoms with Crippen molar-refractivity contribution in [2.45, 2.75) is 51.3 Å². The fourth-order valence-corrected chi connectivity index (χ4v) is 8.13. The Labute approximate surface area is 389 Å². The van der Waals surface area contributed by atoms with E-state index in [2.05, 4.69) is 31.3 Å². The first kappa shape index (κ1) is 49.3. The van der Waals surface area contributed by atoms with Crippen molar-refractivity contribution in [3.8, 4) is 56.0 Å². The van der Waals surface area contributed by atoms with Gasteiger partial charge in [0.15, 0.2) is 0 Å². The lowest BCUT2D eigenvalue weighted by Gasteiger charge is -2.10. The number of halogens is 2. The van der Waals surface area contributed by atoms with Gasteiger partial charge in [0.25, 0.3) is 10.1 Å². The molecule has 66 heavy (non-hydrogen) atoms. The van der Waals surface area contributed by atoms with Gasteiger partial charge in [0.2, 0.25) is 0 Å². The van der Waals surface area contributed by atoms with Gasteiger partial charge in [-0.05, 0) is 113 Å². The fourth-order valence-electron chi connectivity index (χ4n) is 7.24. The SMILES string of the molecule is CCCc1ccc(-c2ccc(-c3ccc(OCCNCCOC)cc3)cc2F)cc1.CCCc1ccc(-c2ccc(-c3ccc(OCCOS(=O)(=O)c4ccc(C)cc4)cc3)cc2F)cc1. The van der Waals surface area contributed by atoms with Crippen LogP contribution < -0.4 is 14.8 Å². The molecule has 10 heteroatoms. The molecule has 0 bridgehead atoms. The van der Waals surface area contributed by atoms with Gasteiger partial charge in [-0.3, -0.25) is 4.18 Å². The van der Waals surface area contributed by atoms with Gasteiger partial charge in [-0.25, -0.2) is 8.78 Å². The van der Waals surface area contributed by atoms with Gasteiger partial charge < -0.3 is 19.5 Å². The van der Waals surface area contributed by atoms with E-state index in [1.165, 1.54) is 29.3 Å². The second-order valence-corrected chi connectivity index (χ2v) is 17.5. The zero-order chi connectivity index (χ0) is 46.7. The molecule has 7 nitrogen and oxygen atoms in total. The highest BCUT2D eigenvalue weighted by Crippen LogP contribution is 2.31. The minimum atomic E-state index is -3.82. The normalized spacial score (nSPS) is 11.2.